The van der Waals surface area contributed by atoms with Crippen LogP contribution in [0.25, 0.3) is 17.2 Å². The molecule has 2 heterocycles. The van der Waals surface area contributed by atoms with Gasteiger partial charge in [-0.05, 0) is 18.0 Å². The van der Waals surface area contributed by atoms with Gasteiger partial charge in [0.1, 0.15) is 10.9 Å². The van der Waals surface area contributed by atoms with Gasteiger partial charge in [-0.2, -0.15) is 4.98 Å². The third kappa shape index (κ3) is 1.35. The van der Waals surface area contributed by atoms with E-state index in [-0.39, 0.29) is 5.28 Å². The van der Waals surface area contributed by atoms with Gasteiger partial charge >= 0.3 is 0 Å². The average molecular weight is 255 g/mol. The van der Waals surface area contributed by atoms with Gasteiger partial charge in [-0.25, -0.2) is 4.98 Å². The van der Waals surface area contributed by atoms with Crippen LogP contribution in [-0.2, 0) is 0 Å². The second-order valence-corrected chi connectivity index (χ2v) is 4.58. The van der Waals surface area contributed by atoms with Crippen molar-refractivity contribution in [3.05, 3.63) is 27.8 Å². The molecule has 0 saturated carbocycles. The Labute approximate surface area is 102 Å². The third-order valence-electron chi connectivity index (χ3n) is 2.77. The van der Waals surface area contributed by atoms with Crippen molar-refractivity contribution in [2.75, 3.05) is 0 Å². The van der Waals surface area contributed by atoms with E-state index in [4.69, 9.17) is 27.6 Å². The van der Waals surface area contributed by atoms with E-state index < -0.39 is 0 Å². The van der Waals surface area contributed by atoms with Gasteiger partial charge < -0.3 is 4.42 Å². The summed E-state index contributed by atoms with van der Waals surface area (Å²) < 4.78 is 5.69. The lowest BCUT2D eigenvalue weighted by atomic mass is 9.95. The zero-order valence-corrected chi connectivity index (χ0v) is 10.0. The lowest BCUT2D eigenvalue weighted by molar-refractivity contribution is 0.497. The summed E-state index contributed by atoms with van der Waals surface area (Å²) >= 11 is 11.8. The number of hydrogen-bond acceptors (Lipinski definition) is 3. The van der Waals surface area contributed by atoms with E-state index in [1.54, 1.807) is 0 Å². The minimum atomic E-state index is 0.111. The van der Waals surface area contributed by atoms with E-state index in [2.05, 4.69) is 23.0 Å². The molecule has 0 amide bonds. The summed E-state index contributed by atoms with van der Waals surface area (Å²) in [5.41, 5.74) is 1.45. The van der Waals surface area contributed by atoms with E-state index in [9.17, 15) is 0 Å². The van der Waals surface area contributed by atoms with Crippen molar-refractivity contribution < 1.29 is 4.42 Å². The summed E-state index contributed by atoms with van der Waals surface area (Å²) in [5.74, 6) is 1.25. The number of fused-ring (bicyclic) bond motifs is 3. The monoisotopic (exact) mass is 254 g/mol. The number of allylic oxidation sites excluding steroid dienone is 1. The van der Waals surface area contributed by atoms with Gasteiger partial charge in [0.25, 0.3) is 0 Å². The van der Waals surface area contributed by atoms with E-state index in [0.29, 0.717) is 16.8 Å². The predicted octanol–water partition coefficient (Wildman–Crippen LogP) is 4.05. The first-order valence-electron chi connectivity index (χ1n) is 4.99. The van der Waals surface area contributed by atoms with Crippen LogP contribution >= 0.6 is 23.2 Å². The molecular formula is C11H8Cl2N2O. The highest BCUT2D eigenvalue weighted by molar-refractivity contribution is 6.36. The molecular weight excluding hydrogens is 247 g/mol. The van der Waals surface area contributed by atoms with Gasteiger partial charge in [-0.3, -0.25) is 0 Å². The van der Waals surface area contributed by atoms with Crippen LogP contribution in [0, 0.1) is 0 Å². The molecule has 2 aromatic heterocycles. The molecule has 0 bridgehead atoms. The molecule has 0 aromatic carbocycles. The van der Waals surface area contributed by atoms with Crippen molar-refractivity contribution in [1.82, 2.24) is 9.97 Å². The van der Waals surface area contributed by atoms with E-state index in [0.717, 1.165) is 23.1 Å². The Bertz CT molecular complexity index is 604. The normalized spacial score (nSPS) is 19.1. The topological polar surface area (TPSA) is 38.9 Å². The fourth-order valence-corrected chi connectivity index (χ4v) is 2.47. The molecule has 3 nitrogen and oxygen atoms in total. The summed E-state index contributed by atoms with van der Waals surface area (Å²) in [6.45, 7) is 2.10. The molecule has 0 aliphatic heterocycles. The van der Waals surface area contributed by atoms with Gasteiger partial charge in [-0.1, -0.05) is 30.7 Å². The van der Waals surface area contributed by atoms with Gasteiger partial charge in [0.05, 0.1) is 5.39 Å². The summed E-state index contributed by atoms with van der Waals surface area (Å²) in [4.78, 5) is 7.98. The van der Waals surface area contributed by atoms with E-state index in [1.807, 2.05) is 6.08 Å². The first-order valence-corrected chi connectivity index (χ1v) is 5.74. The van der Waals surface area contributed by atoms with Gasteiger partial charge in [0.2, 0.25) is 11.0 Å². The van der Waals surface area contributed by atoms with Crippen LogP contribution in [0.3, 0.4) is 0 Å². The Balaban J connectivity index is 2.42. The van der Waals surface area contributed by atoms with Crippen molar-refractivity contribution in [3.8, 4) is 0 Å². The highest BCUT2D eigenvalue weighted by atomic mass is 35.5. The van der Waals surface area contributed by atoms with Crippen LogP contribution in [0.2, 0.25) is 10.4 Å². The maximum atomic E-state index is 6.06. The highest BCUT2D eigenvalue weighted by Crippen LogP contribution is 2.38. The summed E-state index contributed by atoms with van der Waals surface area (Å²) in [5, 5.41) is 1.21. The van der Waals surface area contributed by atoms with Crippen molar-refractivity contribution in [2.45, 2.75) is 19.3 Å². The Hall–Kier alpha value is -1.06. The fraction of sp³-hybridized carbons (Fsp3) is 0.273. The molecule has 1 aliphatic rings. The first-order chi connectivity index (χ1) is 7.66. The van der Waals surface area contributed by atoms with Gasteiger partial charge in [-0.15, -0.1) is 0 Å². The molecule has 0 saturated heterocycles. The Morgan fingerprint density at radius 1 is 1.38 bits per heavy atom. The number of nitrogens with zero attached hydrogens (tertiary/aromatic N) is 2. The second-order valence-electron chi connectivity index (χ2n) is 3.88. The molecule has 2 aromatic rings. The lowest BCUT2D eigenvalue weighted by Gasteiger charge is -2.10. The zero-order chi connectivity index (χ0) is 11.3. The molecule has 1 atom stereocenters. The smallest absolute Gasteiger partial charge is 0.232 e. The Morgan fingerprint density at radius 2 is 2.19 bits per heavy atom. The van der Waals surface area contributed by atoms with Crippen LogP contribution in [-0.4, -0.2) is 9.97 Å². The highest BCUT2D eigenvalue weighted by Gasteiger charge is 2.23. The van der Waals surface area contributed by atoms with Crippen LogP contribution in [0.5, 0.6) is 0 Å². The molecule has 3 rings (SSSR count). The van der Waals surface area contributed by atoms with E-state index >= 15 is 0 Å². The molecule has 82 valence electrons. The minimum absolute atomic E-state index is 0.111. The van der Waals surface area contributed by atoms with Crippen LogP contribution in [0.15, 0.2) is 10.5 Å². The van der Waals surface area contributed by atoms with E-state index in [1.165, 1.54) is 0 Å². The Kier molecular flexibility index (Phi) is 2.19. The van der Waals surface area contributed by atoms with Crippen LogP contribution < -0.4 is 0 Å². The number of furan rings is 1. The first kappa shape index (κ1) is 10.1. The fourth-order valence-electron chi connectivity index (χ4n) is 2.00. The molecule has 0 radical (unpaired) electrons. The van der Waals surface area contributed by atoms with Crippen molar-refractivity contribution in [2.24, 2.45) is 0 Å². The van der Waals surface area contributed by atoms with Gasteiger partial charge in [0.15, 0.2) is 0 Å². The third-order valence-corrected chi connectivity index (χ3v) is 3.21. The van der Waals surface area contributed by atoms with Gasteiger partial charge in [0, 0.05) is 11.5 Å². The SMILES string of the molecule is CC1CC=Cc2c1oc1nc(Cl)nc(Cl)c21. The minimum Gasteiger partial charge on any atom is -0.442 e. The average Bonchev–Trinajstić information content (AvgIpc) is 2.57. The maximum Gasteiger partial charge on any atom is 0.232 e. The van der Waals surface area contributed by atoms with Crippen molar-refractivity contribution in [1.29, 1.82) is 0 Å². The Morgan fingerprint density at radius 3 is 3.00 bits per heavy atom. The van der Waals surface area contributed by atoms with Crippen molar-refractivity contribution in [3.63, 3.8) is 0 Å². The molecule has 0 N–H and O–H groups in total. The molecule has 1 unspecified atom stereocenters. The molecule has 5 heteroatoms. The standard InChI is InChI=1S/C11H8Cl2N2O/c1-5-3-2-4-6-7-9(12)14-11(13)15-10(7)16-8(5)6/h2,4-5H,3H2,1H3. The van der Waals surface area contributed by atoms with Crippen LogP contribution in [0.4, 0.5) is 0 Å². The summed E-state index contributed by atoms with van der Waals surface area (Å²) in [6.07, 6.45) is 5.07. The zero-order valence-electron chi connectivity index (χ0n) is 8.50. The summed E-state index contributed by atoms with van der Waals surface area (Å²) in [6, 6.07) is 0. The number of hydrogen-bond donors (Lipinski definition) is 0. The van der Waals surface area contributed by atoms with Crippen molar-refractivity contribution >= 4 is 40.4 Å². The maximum absolute atomic E-state index is 6.06. The number of halogens is 2. The molecule has 0 fully saturated rings. The number of aromatic nitrogens is 2. The van der Waals surface area contributed by atoms with Crippen LogP contribution in [0.1, 0.15) is 30.6 Å². The summed E-state index contributed by atoms with van der Waals surface area (Å²) in [7, 11) is 0. The lowest BCUT2D eigenvalue weighted by Crippen LogP contribution is -1.96. The molecule has 0 spiro atoms. The molecule has 16 heavy (non-hydrogen) atoms. The largest absolute Gasteiger partial charge is 0.442 e. The predicted molar refractivity (Wildman–Crippen MR) is 63.9 cm³/mol. The molecule has 1 aliphatic carbocycles. The number of rotatable bonds is 0. The quantitative estimate of drug-likeness (QED) is 0.526. The second kappa shape index (κ2) is 3.47.